The Kier molecular flexibility index (Phi) is 6.16. The van der Waals surface area contributed by atoms with Crippen LogP contribution >= 0.6 is 0 Å². The first-order valence-corrected chi connectivity index (χ1v) is 8.24. The zero-order valence-corrected chi connectivity index (χ0v) is 13.9. The van der Waals surface area contributed by atoms with Crippen molar-refractivity contribution in [2.75, 3.05) is 19.7 Å². The van der Waals surface area contributed by atoms with E-state index < -0.39 is 0 Å². The van der Waals surface area contributed by atoms with E-state index in [4.69, 9.17) is 0 Å². The van der Waals surface area contributed by atoms with Crippen molar-refractivity contribution >= 4 is 11.8 Å². The highest BCUT2D eigenvalue weighted by atomic mass is 16.3. The Balaban J connectivity index is 1.85. The van der Waals surface area contributed by atoms with Gasteiger partial charge < -0.3 is 15.3 Å². The summed E-state index contributed by atoms with van der Waals surface area (Å²) >= 11 is 0. The number of likely N-dealkylation sites (tertiary alicyclic amines) is 1. The van der Waals surface area contributed by atoms with Crippen LogP contribution in [0, 0.1) is 11.8 Å². The molecule has 1 heterocycles. The maximum atomic E-state index is 12.3. The van der Waals surface area contributed by atoms with Gasteiger partial charge >= 0.3 is 0 Å². The quantitative estimate of drug-likeness (QED) is 0.794. The number of rotatable bonds is 7. The summed E-state index contributed by atoms with van der Waals surface area (Å²) in [7, 11) is 0. The largest absolute Gasteiger partial charge is 0.394 e. The number of carbonyl (C=O) groups is 2. The Morgan fingerprint density at radius 3 is 2.65 bits per heavy atom. The van der Waals surface area contributed by atoms with Crippen molar-refractivity contribution in [2.24, 2.45) is 11.8 Å². The second kappa shape index (κ2) is 8.11. The average Bonchev–Trinajstić information content (AvgIpc) is 2.92. The van der Waals surface area contributed by atoms with Gasteiger partial charge in [-0.25, -0.2) is 0 Å². The van der Waals surface area contributed by atoms with E-state index in [-0.39, 0.29) is 42.7 Å². The van der Waals surface area contributed by atoms with Gasteiger partial charge in [-0.15, -0.1) is 0 Å². The van der Waals surface area contributed by atoms with E-state index in [1.54, 1.807) is 4.90 Å². The second-order valence-corrected chi connectivity index (χ2v) is 6.52. The Morgan fingerprint density at radius 2 is 2.04 bits per heavy atom. The molecule has 0 radical (unpaired) electrons. The molecule has 23 heavy (non-hydrogen) atoms. The number of hydrogen-bond donors (Lipinski definition) is 2. The van der Waals surface area contributed by atoms with E-state index >= 15 is 0 Å². The standard InChI is InChI=1S/C18H26N2O3/c1-13(2)16(12-21)19-18(23)15-10-17(22)20(11-15)9-8-14-6-4-3-5-7-14/h3-7,13,15-16,21H,8-12H2,1-2H3,(H,19,23)/t15-,16-/m1/s1. The average molecular weight is 318 g/mol. The highest BCUT2D eigenvalue weighted by Crippen LogP contribution is 2.19. The molecule has 0 saturated carbocycles. The Morgan fingerprint density at radius 1 is 1.35 bits per heavy atom. The third-order valence-corrected chi connectivity index (χ3v) is 4.43. The number of aliphatic hydroxyl groups excluding tert-OH is 1. The summed E-state index contributed by atoms with van der Waals surface area (Å²) in [6.45, 7) is 4.93. The molecule has 0 unspecified atom stereocenters. The van der Waals surface area contributed by atoms with Gasteiger partial charge in [0.05, 0.1) is 18.6 Å². The predicted molar refractivity (Wildman–Crippen MR) is 88.7 cm³/mol. The molecule has 5 heteroatoms. The number of amides is 2. The van der Waals surface area contributed by atoms with Gasteiger partial charge in [0.2, 0.25) is 11.8 Å². The smallest absolute Gasteiger partial charge is 0.225 e. The number of carbonyl (C=O) groups excluding carboxylic acids is 2. The van der Waals surface area contributed by atoms with Crippen LogP contribution in [0.1, 0.15) is 25.8 Å². The van der Waals surface area contributed by atoms with Crippen LogP contribution in [-0.2, 0) is 16.0 Å². The fraction of sp³-hybridized carbons (Fsp3) is 0.556. The Labute approximate surface area is 137 Å². The molecule has 1 aromatic carbocycles. The minimum absolute atomic E-state index is 0.0335. The summed E-state index contributed by atoms with van der Waals surface area (Å²) in [4.78, 5) is 26.1. The van der Waals surface area contributed by atoms with E-state index in [2.05, 4.69) is 5.32 Å². The second-order valence-electron chi connectivity index (χ2n) is 6.52. The Bertz CT molecular complexity index is 530. The molecule has 0 aromatic heterocycles. The van der Waals surface area contributed by atoms with Crippen LogP contribution in [0.2, 0.25) is 0 Å². The van der Waals surface area contributed by atoms with Gasteiger partial charge in [0.1, 0.15) is 0 Å². The molecule has 2 atom stereocenters. The molecule has 1 aliphatic rings. The van der Waals surface area contributed by atoms with Crippen LogP contribution in [0.4, 0.5) is 0 Å². The maximum absolute atomic E-state index is 12.3. The van der Waals surface area contributed by atoms with Crippen molar-refractivity contribution in [2.45, 2.75) is 32.7 Å². The molecule has 1 aliphatic heterocycles. The van der Waals surface area contributed by atoms with Crippen LogP contribution in [0.25, 0.3) is 0 Å². The van der Waals surface area contributed by atoms with Gasteiger partial charge in [-0.1, -0.05) is 44.2 Å². The molecule has 0 aliphatic carbocycles. The zero-order valence-electron chi connectivity index (χ0n) is 13.9. The van der Waals surface area contributed by atoms with Crippen molar-refractivity contribution in [1.82, 2.24) is 10.2 Å². The molecule has 2 amide bonds. The molecule has 126 valence electrons. The van der Waals surface area contributed by atoms with Crippen LogP contribution < -0.4 is 5.32 Å². The molecule has 5 nitrogen and oxygen atoms in total. The van der Waals surface area contributed by atoms with Crippen molar-refractivity contribution in [3.8, 4) is 0 Å². The van der Waals surface area contributed by atoms with Gasteiger partial charge in [-0.3, -0.25) is 9.59 Å². The SMILES string of the molecule is CC(C)[C@@H](CO)NC(=O)[C@@H]1CC(=O)N(CCc2ccccc2)C1. The monoisotopic (exact) mass is 318 g/mol. The lowest BCUT2D eigenvalue weighted by Gasteiger charge is -2.22. The number of aliphatic hydroxyl groups is 1. The van der Waals surface area contributed by atoms with Crippen molar-refractivity contribution in [3.05, 3.63) is 35.9 Å². The van der Waals surface area contributed by atoms with Crippen LogP contribution in [0.5, 0.6) is 0 Å². The van der Waals surface area contributed by atoms with Crippen LogP contribution in [0.3, 0.4) is 0 Å². The third kappa shape index (κ3) is 4.79. The first-order chi connectivity index (χ1) is 11.0. The molecule has 1 aromatic rings. The lowest BCUT2D eigenvalue weighted by molar-refractivity contribution is -0.129. The fourth-order valence-electron chi connectivity index (χ4n) is 2.80. The number of nitrogens with one attached hydrogen (secondary N) is 1. The maximum Gasteiger partial charge on any atom is 0.225 e. The van der Waals surface area contributed by atoms with E-state index in [1.165, 1.54) is 5.56 Å². The molecule has 1 saturated heterocycles. The lowest BCUT2D eigenvalue weighted by atomic mass is 10.0. The highest BCUT2D eigenvalue weighted by molar-refractivity contribution is 5.89. The topological polar surface area (TPSA) is 69.6 Å². The minimum atomic E-state index is -0.314. The number of nitrogens with zero attached hydrogens (tertiary/aromatic N) is 1. The zero-order chi connectivity index (χ0) is 16.8. The summed E-state index contributed by atoms with van der Waals surface area (Å²) in [5.74, 6) is -0.249. The van der Waals surface area contributed by atoms with Crippen molar-refractivity contribution < 1.29 is 14.7 Å². The first-order valence-electron chi connectivity index (χ1n) is 8.24. The minimum Gasteiger partial charge on any atom is -0.394 e. The normalized spacial score (nSPS) is 19.2. The Hall–Kier alpha value is -1.88. The van der Waals surface area contributed by atoms with Crippen molar-refractivity contribution in [1.29, 1.82) is 0 Å². The fourth-order valence-corrected chi connectivity index (χ4v) is 2.80. The molecule has 1 fully saturated rings. The van der Waals surface area contributed by atoms with Gasteiger partial charge in [0, 0.05) is 19.5 Å². The summed E-state index contributed by atoms with van der Waals surface area (Å²) in [6.07, 6.45) is 1.06. The van der Waals surface area contributed by atoms with Crippen LogP contribution in [0.15, 0.2) is 30.3 Å². The van der Waals surface area contributed by atoms with Crippen LogP contribution in [-0.4, -0.2) is 47.6 Å². The number of benzene rings is 1. The highest BCUT2D eigenvalue weighted by Gasteiger charge is 2.34. The molecule has 2 N–H and O–H groups in total. The van der Waals surface area contributed by atoms with Gasteiger partial charge in [0.25, 0.3) is 0 Å². The van der Waals surface area contributed by atoms with Gasteiger partial charge in [0.15, 0.2) is 0 Å². The summed E-state index contributed by atoms with van der Waals surface area (Å²) in [5.41, 5.74) is 1.19. The molecule has 2 rings (SSSR count). The predicted octanol–water partition coefficient (Wildman–Crippen LogP) is 1.21. The third-order valence-electron chi connectivity index (χ3n) is 4.43. The van der Waals surface area contributed by atoms with Crippen molar-refractivity contribution in [3.63, 3.8) is 0 Å². The molecular weight excluding hydrogens is 292 g/mol. The van der Waals surface area contributed by atoms with E-state index in [0.29, 0.717) is 13.1 Å². The lowest BCUT2D eigenvalue weighted by Crippen LogP contribution is -2.44. The number of hydrogen-bond acceptors (Lipinski definition) is 3. The first kappa shape index (κ1) is 17.5. The summed E-state index contributed by atoms with van der Waals surface area (Å²) in [6, 6.07) is 9.77. The van der Waals surface area contributed by atoms with E-state index in [9.17, 15) is 14.7 Å². The van der Waals surface area contributed by atoms with Gasteiger partial charge in [-0.05, 0) is 17.9 Å². The summed E-state index contributed by atoms with van der Waals surface area (Å²) in [5, 5.41) is 12.2. The van der Waals surface area contributed by atoms with E-state index in [0.717, 1.165) is 6.42 Å². The molecule has 0 bridgehead atoms. The summed E-state index contributed by atoms with van der Waals surface area (Å²) < 4.78 is 0. The molecule has 0 spiro atoms. The van der Waals surface area contributed by atoms with Gasteiger partial charge in [-0.2, -0.15) is 0 Å². The molecular formula is C18H26N2O3. The van der Waals surface area contributed by atoms with E-state index in [1.807, 2.05) is 44.2 Å².